The quantitative estimate of drug-likeness (QED) is 0.738. The molecule has 1 fully saturated rings. The number of nitrogens with zero attached hydrogens (tertiary/aromatic N) is 2. The lowest BCUT2D eigenvalue weighted by atomic mass is 9.97. The fourth-order valence-electron chi connectivity index (χ4n) is 3.48. The zero-order valence-electron chi connectivity index (χ0n) is 16.0. The van der Waals surface area contributed by atoms with Crippen LogP contribution < -0.4 is 20.1 Å². The van der Waals surface area contributed by atoms with E-state index in [9.17, 15) is 4.79 Å². The van der Waals surface area contributed by atoms with Crippen LogP contribution in [0.15, 0.2) is 30.5 Å². The van der Waals surface area contributed by atoms with Crippen molar-refractivity contribution in [1.29, 1.82) is 0 Å². The smallest absolute Gasteiger partial charge is 0.241 e. The number of piperidine rings is 1. The van der Waals surface area contributed by atoms with Crippen LogP contribution in [0.5, 0.6) is 11.5 Å². The van der Waals surface area contributed by atoms with Gasteiger partial charge in [0.25, 0.3) is 0 Å². The van der Waals surface area contributed by atoms with E-state index in [0.29, 0.717) is 30.4 Å². The third-order valence-corrected chi connectivity index (χ3v) is 4.88. The van der Waals surface area contributed by atoms with Crippen LogP contribution in [0.3, 0.4) is 0 Å². The molecule has 146 valence electrons. The average Bonchev–Trinajstić information content (AvgIpc) is 3.16. The van der Waals surface area contributed by atoms with Crippen molar-refractivity contribution in [3.8, 4) is 11.5 Å². The lowest BCUT2D eigenvalue weighted by molar-refractivity contribution is -0.121. The van der Waals surface area contributed by atoms with Crippen molar-refractivity contribution in [2.75, 3.05) is 33.9 Å². The van der Waals surface area contributed by atoms with Crippen molar-refractivity contribution < 1.29 is 14.3 Å². The Morgan fingerprint density at radius 3 is 2.96 bits per heavy atom. The van der Waals surface area contributed by atoms with E-state index in [1.807, 2.05) is 30.5 Å². The number of hydrogen-bond donors (Lipinski definition) is 2. The van der Waals surface area contributed by atoms with Crippen molar-refractivity contribution >= 4 is 5.91 Å². The van der Waals surface area contributed by atoms with Crippen molar-refractivity contribution in [1.82, 2.24) is 20.4 Å². The molecule has 1 amide bonds. The fourth-order valence-corrected chi connectivity index (χ4v) is 3.48. The SMILES string of the molecule is COc1cccc(CCNC(=O)Cn2ccc(C3CCCNC3)n2)c1OC. The second-order valence-corrected chi connectivity index (χ2v) is 6.73. The van der Waals surface area contributed by atoms with Crippen LogP contribution in [0, 0.1) is 0 Å². The topological polar surface area (TPSA) is 77.4 Å². The average molecular weight is 372 g/mol. The number of nitrogens with one attached hydrogen (secondary N) is 2. The van der Waals surface area contributed by atoms with Gasteiger partial charge in [0.1, 0.15) is 6.54 Å². The van der Waals surface area contributed by atoms with Gasteiger partial charge in [-0.3, -0.25) is 9.48 Å². The first-order valence-electron chi connectivity index (χ1n) is 9.42. The first-order chi connectivity index (χ1) is 13.2. The van der Waals surface area contributed by atoms with Crippen LogP contribution in [0.25, 0.3) is 0 Å². The Morgan fingerprint density at radius 2 is 2.22 bits per heavy atom. The molecule has 1 aromatic carbocycles. The highest BCUT2D eigenvalue weighted by Crippen LogP contribution is 2.30. The summed E-state index contributed by atoms with van der Waals surface area (Å²) in [5, 5.41) is 10.9. The molecule has 0 bridgehead atoms. The molecule has 2 aromatic rings. The molecule has 2 heterocycles. The molecule has 0 spiro atoms. The van der Waals surface area contributed by atoms with Crippen molar-refractivity contribution in [2.24, 2.45) is 0 Å². The van der Waals surface area contributed by atoms with E-state index in [1.54, 1.807) is 18.9 Å². The number of carbonyl (C=O) groups is 1. The van der Waals surface area contributed by atoms with Crippen LogP contribution >= 0.6 is 0 Å². The summed E-state index contributed by atoms with van der Waals surface area (Å²) >= 11 is 0. The molecule has 1 saturated heterocycles. The lowest BCUT2D eigenvalue weighted by Crippen LogP contribution is -2.30. The highest BCUT2D eigenvalue weighted by molar-refractivity contribution is 5.75. The minimum Gasteiger partial charge on any atom is -0.493 e. The zero-order chi connectivity index (χ0) is 19.1. The van der Waals surface area contributed by atoms with E-state index in [2.05, 4.69) is 15.7 Å². The van der Waals surface area contributed by atoms with E-state index in [4.69, 9.17) is 9.47 Å². The Labute approximate surface area is 160 Å². The highest BCUT2D eigenvalue weighted by atomic mass is 16.5. The summed E-state index contributed by atoms with van der Waals surface area (Å²) in [6.07, 6.45) is 4.88. The Morgan fingerprint density at radius 1 is 1.33 bits per heavy atom. The van der Waals surface area contributed by atoms with E-state index in [1.165, 1.54) is 6.42 Å². The van der Waals surface area contributed by atoms with Crippen LogP contribution in [0.1, 0.15) is 30.0 Å². The van der Waals surface area contributed by atoms with Crippen LogP contribution in [-0.2, 0) is 17.8 Å². The third kappa shape index (κ3) is 5.01. The van der Waals surface area contributed by atoms with Crippen LogP contribution in [0.4, 0.5) is 0 Å². The molecule has 7 heteroatoms. The highest BCUT2D eigenvalue weighted by Gasteiger charge is 2.18. The first kappa shape index (κ1) is 19.2. The second-order valence-electron chi connectivity index (χ2n) is 6.73. The molecule has 1 aliphatic rings. The molecular formula is C20H28N4O3. The van der Waals surface area contributed by atoms with Gasteiger partial charge in [0.15, 0.2) is 11.5 Å². The van der Waals surface area contributed by atoms with E-state index >= 15 is 0 Å². The molecule has 0 radical (unpaired) electrons. The number of amides is 1. The number of methoxy groups -OCH3 is 2. The molecule has 0 aliphatic carbocycles. The summed E-state index contributed by atoms with van der Waals surface area (Å²) in [6, 6.07) is 7.78. The van der Waals surface area contributed by atoms with Gasteiger partial charge in [-0.1, -0.05) is 12.1 Å². The third-order valence-electron chi connectivity index (χ3n) is 4.88. The first-order valence-corrected chi connectivity index (χ1v) is 9.42. The number of carbonyl (C=O) groups excluding carboxylic acids is 1. The number of hydrogen-bond acceptors (Lipinski definition) is 5. The predicted molar refractivity (Wildman–Crippen MR) is 103 cm³/mol. The van der Waals surface area contributed by atoms with Gasteiger partial charge in [0.2, 0.25) is 5.91 Å². The van der Waals surface area contributed by atoms with Crippen LogP contribution in [-0.4, -0.2) is 49.5 Å². The molecule has 2 N–H and O–H groups in total. The fraction of sp³-hybridized carbons (Fsp3) is 0.500. The molecule has 1 atom stereocenters. The molecule has 27 heavy (non-hydrogen) atoms. The molecule has 0 saturated carbocycles. The van der Waals surface area contributed by atoms with Gasteiger partial charge in [-0.25, -0.2) is 0 Å². The maximum atomic E-state index is 12.2. The maximum Gasteiger partial charge on any atom is 0.241 e. The molecule has 7 nitrogen and oxygen atoms in total. The van der Waals surface area contributed by atoms with Crippen LogP contribution in [0.2, 0.25) is 0 Å². The normalized spacial score (nSPS) is 16.7. The number of ether oxygens (including phenoxy) is 2. The van der Waals surface area contributed by atoms with E-state index < -0.39 is 0 Å². The van der Waals surface area contributed by atoms with Crippen molar-refractivity contribution in [2.45, 2.75) is 31.7 Å². The van der Waals surface area contributed by atoms with Gasteiger partial charge >= 0.3 is 0 Å². The number of benzene rings is 1. The van der Waals surface area contributed by atoms with Crippen molar-refractivity contribution in [3.63, 3.8) is 0 Å². The van der Waals surface area contributed by atoms with Gasteiger partial charge in [-0.2, -0.15) is 5.10 Å². The van der Waals surface area contributed by atoms with E-state index in [-0.39, 0.29) is 12.5 Å². The van der Waals surface area contributed by atoms with Gasteiger partial charge < -0.3 is 20.1 Å². The van der Waals surface area contributed by atoms with Crippen molar-refractivity contribution in [3.05, 3.63) is 41.7 Å². The summed E-state index contributed by atoms with van der Waals surface area (Å²) in [5.41, 5.74) is 2.07. The molecular weight excluding hydrogens is 344 g/mol. The number of aromatic nitrogens is 2. The van der Waals surface area contributed by atoms with Gasteiger partial charge in [0.05, 0.1) is 19.9 Å². The summed E-state index contributed by atoms with van der Waals surface area (Å²) in [4.78, 5) is 12.2. The maximum absolute atomic E-state index is 12.2. The Kier molecular flexibility index (Phi) is 6.70. The largest absolute Gasteiger partial charge is 0.493 e. The number of rotatable bonds is 8. The molecule has 1 aromatic heterocycles. The summed E-state index contributed by atoms with van der Waals surface area (Å²) in [7, 11) is 3.24. The molecule has 3 rings (SSSR count). The minimum absolute atomic E-state index is 0.0479. The summed E-state index contributed by atoms with van der Waals surface area (Å²) in [5.74, 6) is 1.81. The number of para-hydroxylation sites is 1. The van der Waals surface area contributed by atoms with Gasteiger partial charge in [-0.15, -0.1) is 0 Å². The van der Waals surface area contributed by atoms with Gasteiger partial charge in [0, 0.05) is 25.2 Å². The van der Waals surface area contributed by atoms with E-state index in [0.717, 1.165) is 30.8 Å². The summed E-state index contributed by atoms with van der Waals surface area (Å²) < 4.78 is 12.4. The zero-order valence-corrected chi connectivity index (χ0v) is 16.0. The monoisotopic (exact) mass is 372 g/mol. The molecule has 1 unspecified atom stereocenters. The Balaban J connectivity index is 1.48. The Hall–Kier alpha value is -2.54. The Bertz CT molecular complexity index is 753. The second kappa shape index (κ2) is 9.41. The minimum atomic E-state index is -0.0479. The lowest BCUT2D eigenvalue weighted by Gasteiger charge is -2.20. The standard InChI is InChI=1S/C20H28N4O3/c1-26-18-7-3-5-15(20(18)27-2)8-11-22-19(25)14-24-12-9-17(23-24)16-6-4-10-21-13-16/h3,5,7,9,12,16,21H,4,6,8,10-11,13-14H2,1-2H3,(H,22,25). The van der Waals surface area contributed by atoms with Gasteiger partial charge in [-0.05, 0) is 43.5 Å². The predicted octanol–water partition coefficient (Wildman–Crippen LogP) is 1.73. The summed E-state index contributed by atoms with van der Waals surface area (Å²) in [6.45, 7) is 2.81. The molecule has 1 aliphatic heterocycles.